The number of aromatic amines is 1. The predicted molar refractivity (Wildman–Crippen MR) is 88.1 cm³/mol. The SMILES string of the molecule is CC(C)c1nc2c(c(=O)[nH]1)CCN(Cc1c(F)ccc(Cl)c1F)C2. The van der Waals surface area contributed by atoms with Crippen LogP contribution in [0.25, 0.3) is 0 Å². The van der Waals surface area contributed by atoms with Gasteiger partial charge in [-0.25, -0.2) is 13.8 Å². The molecule has 1 aromatic carbocycles. The van der Waals surface area contributed by atoms with Crippen LogP contribution in [0.15, 0.2) is 16.9 Å². The molecule has 0 atom stereocenters. The van der Waals surface area contributed by atoms with Crippen LogP contribution in [0.2, 0.25) is 5.02 Å². The number of hydrogen-bond donors (Lipinski definition) is 1. The van der Waals surface area contributed by atoms with Crippen LogP contribution in [0, 0.1) is 11.6 Å². The van der Waals surface area contributed by atoms with E-state index in [0.29, 0.717) is 36.6 Å². The number of fused-ring (bicyclic) bond motifs is 1. The summed E-state index contributed by atoms with van der Waals surface area (Å²) in [5, 5.41) is -0.0968. The Kier molecular flexibility index (Phi) is 4.69. The number of halogens is 3. The molecule has 0 saturated carbocycles. The summed E-state index contributed by atoms with van der Waals surface area (Å²) in [6, 6.07) is 2.37. The predicted octanol–water partition coefficient (Wildman–Crippen LogP) is 3.38. The minimum absolute atomic E-state index is 0.0557. The summed E-state index contributed by atoms with van der Waals surface area (Å²) < 4.78 is 28.0. The number of H-pyrrole nitrogens is 1. The van der Waals surface area contributed by atoms with Crippen molar-refractivity contribution >= 4 is 11.6 Å². The maximum absolute atomic E-state index is 14.1. The van der Waals surface area contributed by atoms with E-state index in [4.69, 9.17) is 11.6 Å². The first-order chi connectivity index (χ1) is 11.4. The van der Waals surface area contributed by atoms with Gasteiger partial charge in [-0.2, -0.15) is 0 Å². The standard InChI is InChI=1S/C17H18ClF2N3O/c1-9(2)16-21-14-8-23(6-5-10(14)17(24)22-16)7-11-13(19)4-3-12(18)15(11)20/h3-4,9H,5-8H2,1-2H3,(H,21,22,24). The van der Waals surface area contributed by atoms with Crippen LogP contribution in [-0.4, -0.2) is 21.4 Å². The molecule has 0 saturated heterocycles. The van der Waals surface area contributed by atoms with Crippen molar-refractivity contribution in [1.82, 2.24) is 14.9 Å². The van der Waals surface area contributed by atoms with Crippen molar-refractivity contribution in [2.24, 2.45) is 0 Å². The Morgan fingerprint density at radius 3 is 2.83 bits per heavy atom. The lowest BCUT2D eigenvalue weighted by atomic mass is 10.0. The number of benzene rings is 1. The van der Waals surface area contributed by atoms with Gasteiger partial charge in [0.15, 0.2) is 0 Å². The highest BCUT2D eigenvalue weighted by atomic mass is 35.5. The van der Waals surface area contributed by atoms with Crippen molar-refractivity contribution in [3.05, 3.63) is 61.8 Å². The molecule has 0 radical (unpaired) electrons. The molecule has 1 aliphatic heterocycles. The van der Waals surface area contributed by atoms with Gasteiger partial charge in [0.1, 0.15) is 17.5 Å². The largest absolute Gasteiger partial charge is 0.310 e. The van der Waals surface area contributed by atoms with Crippen LogP contribution < -0.4 is 5.56 Å². The zero-order valence-electron chi connectivity index (χ0n) is 13.5. The molecule has 3 rings (SSSR count). The second-order valence-corrected chi connectivity index (χ2v) is 6.72. The number of nitrogens with zero attached hydrogens (tertiary/aromatic N) is 2. The van der Waals surface area contributed by atoms with E-state index in [2.05, 4.69) is 9.97 Å². The quantitative estimate of drug-likeness (QED) is 0.860. The summed E-state index contributed by atoms with van der Waals surface area (Å²) in [7, 11) is 0. The van der Waals surface area contributed by atoms with Crippen LogP contribution in [0.5, 0.6) is 0 Å². The second kappa shape index (κ2) is 6.61. The van der Waals surface area contributed by atoms with Crippen molar-refractivity contribution < 1.29 is 8.78 Å². The molecule has 0 amide bonds. The molecule has 2 aromatic rings. The fraction of sp³-hybridized carbons (Fsp3) is 0.412. The lowest BCUT2D eigenvalue weighted by molar-refractivity contribution is 0.233. The molecular weight excluding hydrogens is 336 g/mol. The Hall–Kier alpha value is -1.79. The molecule has 2 heterocycles. The van der Waals surface area contributed by atoms with Crippen molar-refractivity contribution in [3.63, 3.8) is 0 Å². The first kappa shape index (κ1) is 17.0. The monoisotopic (exact) mass is 353 g/mol. The average Bonchev–Trinajstić information content (AvgIpc) is 2.54. The lowest BCUT2D eigenvalue weighted by Crippen LogP contribution is -2.36. The van der Waals surface area contributed by atoms with Crippen LogP contribution in [-0.2, 0) is 19.5 Å². The summed E-state index contributed by atoms with van der Waals surface area (Å²) in [5.41, 5.74) is 1.16. The van der Waals surface area contributed by atoms with Crippen molar-refractivity contribution in [2.75, 3.05) is 6.54 Å². The third kappa shape index (κ3) is 3.21. The van der Waals surface area contributed by atoms with Crippen LogP contribution >= 0.6 is 11.6 Å². The molecule has 0 bridgehead atoms. The Labute approximate surface area is 143 Å². The minimum atomic E-state index is -0.732. The zero-order chi connectivity index (χ0) is 17.4. The lowest BCUT2D eigenvalue weighted by Gasteiger charge is -2.28. The van der Waals surface area contributed by atoms with Crippen molar-refractivity contribution in [3.8, 4) is 0 Å². The molecule has 0 aliphatic carbocycles. The number of nitrogens with one attached hydrogen (secondary N) is 1. The van der Waals surface area contributed by atoms with E-state index >= 15 is 0 Å². The van der Waals surface area contributed by atoms with E-state index < -0.39 is 11.6 Å². The molecule has 4 nitrogen and oxygen atoms in total. The van der Waals surface area contributed by atoms with Gasteiger partial charge in [-0.15, -0.1) is 0 Å². The maximum Gasteiger partial charge on any atom is 0.254 e. The first-order valence-electron chi connectivity index (χ1n) is 7.83. The van der Waals surface area contributed by atoms with Crippen LogP contribution in [0.4, 0.5) is 8.78 Å². The second-order valence-electron chi connectivity index (χ2n) is 6.31. The first-order valence-corrected chi connectivity index (χ1v) is 8.21. The van der Waals surface area contributed by atoms with Crippen LogP contribution in [0.3, 0.4) is 0 Å². The molecule has 0 unspecified atom stereocenters. The highest BCUT2D eigenvalue weighted by Gasteiger charge is 2.24. The number of hydrogen-bond acceptors (Lipinski definition) is 3. The summed E-state index contributed by atoms with van der Waals surface area (Å²) in [6.07, 6.45) is 0.500. The molecule has 0 spiro atoms. The van der Waals surface area contributed by atoms with E-state index in [1.165, 1.54) is 12.1 Å². The fourth-order valence-electron chi connectivity index (χ4n) is 2.86. The van der Waals surface area contributed by atoms with E-state index in [0.717, 1.165) is 0 Å². The van der Waals surface area contributed by atoms with Gasteiger partial charge in [0.2, 0.25) is 0 Å². The zero-order valence-corrected chi connectivity index (χ0v) is 14.3. The minimum Gasteiger partial charge on any atom is -0.310 e. The Morgan fingerprint density at radius 1 is 1.38 bits per heavy atom. The molecule has 1 aliphatic rings. The van der Waals surface area contributed by atoms with E-state index in [1.807, 2.05) is 18.7 Å². The Morgan fingerprint density at radius 2 is 2.12 bits per heavy atom. The smallest absolute Gasteiger partial charge is 0.254 e. The summed E-state index contributed by atoms with van der Waals surface area (Å²) in [6.45, 7) is 4.89. The van der Waals surface area contributed by atoms with Crippen molar-refractivity contribution in [2.45, 2.75) is 39.3 Å². The topological polar surface area (TPSA) is 49.0 Å². The highest BCUT2D eigenvalue weighted by Crippen LogP contribution is 2.24. The Bertz CT molecular complexity index is 835. The maximum atomic E-state index is 14.1. The van der Waals surface area contributed by atoms with Gasteiger partial charge in [-0.3, -0.25) is 9.69 Å². The third-order valence-electron chi connectivity index (χ3n) is 4.24. The fourth-order valence-corrected chi connectivity index (χ4v) is 3.04. The van der Waals surface area contributed by atoms with Gasteiger partial charge in [0, 0.05) is 36.7 Å². The molecular formula is C17H18ClF2N3O. The third-order valence-corrected chi connectivity index (χ3v) is 4.53. The molecule has 0 fully saturated rings. The highest BCUT2D eigenvalue weighted by molar-refractivity contribution is 6.30. The molecule has 24 heavy (non-hydrogen) atoms. The van der Waals surface area contributed by atoms with Gasteiger partial charge in [0.25, 0.3) is 5.56 Å². The number of rotatable bonds is 3. The molecule has 128 valence electrons. The molecule has 1 aromatic heterocycles. The number of aromatic nitrogens is 2. The normalized spacial score (nSPS) is 14.9. The van der Waals surface area contributed by atoms with E-state index in [1.54, 1.807) is 0 Å². The van der Waals surface area contributed by atoms with Crippen LogP contribution in [0.1, 0.15) is 42.4 Å². The summed E-state index contributed by atoms with van der Waals surface area (Å²) in [5.74, 6) is -0.629. The van der Waals surface area contributed by atoms with E-state index in [9.17, 15) is 13.6 Å². The van der Waals surface area contributed by atoms with Gasteiger partial charge in [0.05, 0.1) is 10.7 Å². The van der Waals surface area contributed by atoms with E-state index in [-0.39, 0.29) is 28.6 Å². The summed E-state index contributed by atoms with van der Waals surface area (Å²) in [4.78, 5) is 21.3. The van der Waals surface area contributed by atoms with Gasteiger partial charge >= 0.3 is 0 Å². The van der Waals surface area contributed by atoms with Gasteiger partial charge < -0.3 is 4.98 Å². The molecule has 1 N–H and O–H groups in total. The van der Waals surface area contributed by atoms with Gasteiger partial charge in [-0.05, 0) is 18.6 Å². The molecule has 7 heteroatoms. The Balaban J connectivity index is 1.88. The summed E-state index contributed by atoms with van der Waals surface area (Å²) >= 11 is 5.74. The van der Waals surface area contributed by atoms with Gasteiger partial charge in [-0.1, -0.05) is 25.4 Å². The van der Waals surface area contributed by atoms with Crippen molar-refractivity contribution in [1.29, 1.82) is 0 Å². The average molecular weight is 354 g/mol.